The molecule has 3 nitrogen and oxygen atoms in total. The van der Waals surface area contributed by atoms with E-state index >= 15 is 0 Å². The van der Waals surface area contributed by atoms with Crippen LogP contribution in [0.15, 0.2) is 60.7 Å². The van der Waals surface area contributed by atoms with E-state index in [2.05, 4.69) is 12.1 Å². The van der Waals surface area contributed by atoms with Crippen molar-refractivity contribution in [2.45, 2.75) is 56.3 Å². The van der Waals surface area contributed by atoms with E-state index < -0.39 is 5.79 Å². The molecule has 1 heterocycles. The molecule has 136 valence electrons. The van der Waals surface area contributed by atoms with Gasteiger partial charge in [0.15, 0.2) is 11.6 Å². The third-order valence-corrected chi connectivity index (χ3v) is 5.67. The van der Waals surface area contributed by atoms with Crippen LogP contribution in [0.25, 0.3) is 0 Å². The van der Waals surface area contributed by atoms with E-state index in [0.29, 0.717) is 13.0 Å². The summed E-state index contributed by atoms with van der Waals surface area (Å²) in [4.78, 5) is 12.9. The van der Waals surface area contributed by atoms with Crippen molar-refractivity contribution in [1.29, 1.82) is 0 Å². The van der Waals surface area contributed by atoms with Gasteiger partial charge in [0.05, 0.1) is 12.7 Å². The summed E-state index contributed by atoms with van der Waals surface area (Å²) in [5.74, 6) is -0.232. The van der Waals surface area contributed by atoms with Crippen molar-refractivity contribution in [3.05, 3.63) is 71.8 Å². The molecule has 0 N–H and O–H groups in total. The van der Waals surface area contributed by atoms with E-state index in [-0.39, 0.29) is 17.8 Å². The summed E-state index contributed by atoms with van der Waals surface area (Å²) in [6.45, 7) is 0.571. The van der Waals surface area contributed by atoms with Crippen LogP contribution in [0, 0.1) is 0 Å². The van der Waals surface area contributed by atoms with Gasteiger partial charge in [0.2, 0.25) is 0 Å². The molecule has 2 aromatic carbocycles. The second-order valence-corrected chi connectivity index (χ2v) is 7.45. The van der Waals surface area contributed by atoms with Gasteiger partial charge in [0.25, 0.3) is 0 Å². The Morgan fingerprint density at radius 3 is 2.31 bits per heavy atom. The normalized spacial score (nSPS) is 23.0. The second-order valence-electron chi connectivity index (χ2n) is 7.45. The molecular weight excluding hydrogens is 324 g/mol. The largest absolute Gasteiger partial charge is 0.347 e. The molecule has 1 spiro atoms. The van der Waals surface area contributed by atoms with Gasteiger partial charge in [0, 0.05) is 30.7 Å². The standard InChI is InChI=1S/C23H26O3/c24-21(19-12-6-2-7-13-19)16-20(18-10-4-1-5-11-18)22-17-25-23(26-22)14-8-3-9-15-23/h1-2,4-7,10-13,20,22H,3,8-9,14-17H2/t20-,22+/m1/s1. The third-order valence-electron chi connectivity index (χ3n) is 5.67. The third kappa shape index (κ3) is 3.74. The lowest BCUT2D eigenvalue weighted by atomic mass is 9.87. The molecule has 0 amide bonds. The summed E-state index contributed by atoms with van der Waals surface area (Å²) in [5.41, 5.74) is 1.91. The van der Waals surface area contributed by atoms with Crippen molar-refractivity contribution in [2.75, 3.05) is 6.61 Å². The predicted octanol–water partition coefficient (Wildman–Crippen LogP) is 5.12. The Bertz CT molecular complexity index is 720. The average molecular weight is 350 g/mol. The molecular formula is C23H26O3. The van der Waals surface area contributed by atoms with Crippen molar-refractivity contribution in [2.24, 2.45) is 0 Å². The summed E-state index contributed by atoms with van der Waals surface area (Å²) >= 11 is 0. The van der Waals surface area contributed by atoms with Crippen LogP contribution in [0.1, 0.15) is 60.4 Å². The van der Waals surface area contributed by atoms with Crippen LogP contribution in [0.5, 0.6) is 0 Å². The fourth-order valence-corrected chi connectivity index (χ4v) is 4.23. The van der Waals surface area contributed by atoms with Gasteiger partial charge in [-0.05, 0) is 18.4 Å². The maximum atomic E-state index is 12.9. The highest BCUT2D eigenvalue weighted by atomic mass is 16.7. The zero-order valence-corrected chi connectivity index (χ0v) is 15.1. The number of hydrogen-bond acceptors (Lipinski definition) is 3. The van der Waals surface area contributed by atoms with Crippen molar-refractivity contribution in [1.82, 2.24) is 0 Å². The van der Waals surface area contributed by atoms with Gasteiger partial charge < -0.3 is 9.47 Å². The fourth-order valence-electron chi connectivity index (χ4n) is 4.23. The van der Waals surface area contributed by atoms with Crippen LogP contribution in [-0.2, 0) is 9.47 Å². The quantitative estimate of drug-likeness (QED) is 0.702. The Hall–Kier alpha value is -1.97. The minimum Gasteiger partial charge on any atom is -0.347 e. The molecule has 26 heavy (non-hydrogen) atoms. The zero-order chi connectivity index (χ0) is 17.8. The molecule has 0 radical (unpaired) electrons. The van der Waals surface area contributed by atoms with E-state index in [9.17, 15) is 4.79 Å². The smallest absolute Gasteiger partial charge is 0.168 e. The number of hydrogen-bond donors (Lipinski definition) is 0. The Labute approximate surface area is 155 Å². The lowest BCUT2D eigenvalue weighted by Crippen LogP contribution is -2.34. The maximum absolute atomic E-state index is 12.9. The number of carbonyl (C=O) groups is 1. The first kappa shape index (κ1) is 17.4. The van der Waals surface area contributed by atoms with E-state index in [1.807, 2.05) is 48.5 Å². The first-order chi connectivity index (χ1) is 12.8. The molecule has 0 unspecified atom stereocenters. The Balaban J connectivity index is 1.55. The minimum atomic E-state index is -0.411. The first-order valence-electron chi connectivity index (χ1n) is 9.71. The molecule has 2 aliphatic rings. The molecule has 0 bridgehead atoms. The summed E-state index contributed by atoms with van der Waals surface area (Å²) in [5, 5.41) is 0. The van der Waals surface area contributed by atoms with Gasteiger partial charge in [-0.15, -0.1) is 0 Å². The number of carbonyl (C=O) groups excluding carboxylic acids is 1. The number of ether oxygens (including phenoxy) is 2. The van der Waals surface area contributed by atoms with Crippen molar-refractivity contribution < 1.29 is 14.3 Å². The van der Waals surface area contributed by atoms with Gasteiger partial charge in [-0.1, -0.05) is 67.1 Å². The summed E-state index contributed by atoms with van der Waals surface area (Å²) in [6, 6.07) is 19.8. The molecule has 1 aliphatic carbocycles. The lowest BCUT2D eigenvalue weighted by Gasteiger charge is -2.33. The van der Waals surface area contributed by atoms with Crippen LogP contribution in [0.2, 0.25) is 0 Å². The van der Waals surface area contributed by atoms with Crippen LogP contribution >= 0.6 is 0 Å². The summed E-state index contributed by atoms with van der Waals surface area (Å²) < 4.78 is 12.6. The van der Waals surface area contributed by atoms with Gasteiger partial charge in [-0.25, -0.2) is 0 Å². The van der Waals surface area contributed by atoms with Crippen LogP contribution in [-0.4, -0.2) is 24.3 Å². The second kappa shape index (κ2) is 7.73. The highest BCUT2D eigenvalue weighted by molar-refractivity contribution is 5.96. The molecule has 1 saturated carbocycles. The maximum Gasteiger partial charge on any atom is 0.168 e. The predicted molar refractivity (Wildman–Crippen MR) is 101 cm³/mol. The van der Waals surface area contributed by atoms with Crippen LogP contribution < -0.4 is 0 Å². The summed E-state index contributed by atoms with van der Waals surface area (Å²) in [6.07, 6.45) is 5.89. The first-order valence-corrected chi connectivity index (χ1v) is 9.71. The van der Waals surface area contributed by atoms with E-state index in [0.717, 1.165) is 36.8 Å². The van der Waals surface area contributed by atoms with E-state index in [1.54, 1.807) is 0 Å². The van der Waals surface area contributed by atoms with Gasteiger partial charge in [-0.2, -0.15) is 0 Å². The van der Waals surface area contributed by atoms with Crippen LogP contribution in [0.4, 0.5) is 0 Å². The van der Waals surface area contributed by atoms with E-state index in [1.165, 1.54) is 6.42 Å². The van der Waals surface area contributed by atoms with Gasteiger partial charge >= 0.3 is 0 Å². The van der Waals surface area contributed by atoms with Gasteiger partial charge in [0.1, 0.15) is 0 Å². The van der Waals surface area contributed by atoms with Crippen LogP contribution in [0.3, 0.4) is 0 Å². The molecule has 2 aromatic rings. The summed E-state index contributed by atoms with van der Waals surface area (Å²) in [7, 11) is 0. The molecule has 3 heteroatoms. The Morgan fingerprint density at radius 2 is 1.62 bits per heavy atom. The Morgan fingerprint density at radius 1 is 0.962 bits per heavy atom. The highest BCUT2D eigenvalue weighted by Gasteiger charge is 2.45. The van der Waals surface area contributed by atoms with Crippen molar-refractivity contribution in [3.8, 4) is 0 Å². The van der Waals surface area contributed by atoms with Crippen molar-refractivity contribution >= 4 is 5.78 Å². The Kier molecular flexibility index (Phi) is 5.18. The molecule has 1 saturated heterocycles. The molecule has 2 fully saturated rings. The van der Waals surface area contributed by atoms with Gasteiger partial charge in [-0.3, -0.25) is 4.79 Å². The van der Waals surface area contributed by atoms with Crippen molar-refractivity contribution in [3.63, 3.8) is 0 Å². The number of rotatable bonds is 5. The number of ketones is 1. The molecule has 4 rings (SSSR count). The zero-order valence-electron chi connectivity index (χ0n) is 15.1. The monoisotopic (exact) mass is 350 g/mol. The average Bonchev–Trinajstić information content (AvgIpc) is 3.10. The lowest BCUT2D eigenvalue weighted by molar-refractivity contribution is -0.188. The minimum absolute atomic E-state index is 0.0187. The molecule has 2 atom stereocenters. The topological polar surface area (TPSA) is 35.5 Å². The molecule has 1 aliphatic heterocycles. The SMILES string of the molecule is O=C(C[C@H](c1ccccc1)[C@@H]1COC2(CCCCC2)O1)c1ccccc1. The number of Topliss-reactive ketones (excluding diaryl/α,β-unsaturated/α-hetero) is 1. The van der Waals surface area contributed by atoms with E-state index in [4.69, 9.17) is 9.47 Å². The molecule has 0 aromatic heterocycles. The highest BCUT2D eigenvalue weighted by Crippen LogP contribution is 2.42. The fraction of sp³-hybridized carbons (Fsp3) is 0.435. The number of benzene rings is 2.